The number of hydrogen-bond acceptors (Lipinski definition) is 2. The first-order chi connectivity index (χ1) is 8.70. The number of hydrogen-bond donors (Lipinski definition) is 2. The first-order valence-corrected chi connectivity index (χ1v) is 6.23. The van der Waals surface area contributed by atoms with E-state index in [1.807, 2.05) is 32.0 Å². The van der Waals surface area contributed by atoms with E-state index in [4.69, 9.17) is 0 Å². The van der Waals surface area contributed by atoms with E-state index in [1.165, 1.54) is 10.8 Å². The van der Waals surface area contributed by atoms with Crippen LogP contribution < -0.4 is 10.6 Å². The number of anilines is 1. The Morgan fingerprint density at radius 3 is 2.61 bits per heavy atom. The van der Waals surface area contributed by atoms with Crippen molar-refractivity contribution in [2.45, 2.75) is 19.9 Å². The average molecular weight is 242 g/mol. The fourth-order valence-corrected chi connectivity index (χ4v) is 1.92. The molecule has 0 saturated carbocycles. The Bertz CT molecular complexity index is 551. The van der Waals surface area contributed by atoms with Gasteiger partial charge in [0.1, 0.15) is 6.04 Å². The molecule has 0 fully saturated rings. The van der Waals surface area contributed by atoms with Crippen molar-refractivity contribution in [1.82, 2.24) is 5.32 Å². The summed E-state index contributed by atoms with van der Waals surface area (Å²) in [5, 5.41) is 8.38. The van der Waals surface area contributed by atoms with Crippen molar-refractivity contribution in [3.05, 3.63) is 42.5 Å². The molecule has 0 saturated heterocycles. The minimum atomic E-state index is -0.230. The van der Waals surface area contributed by atoms with Crippen molar-refractivity contribution in [2.24, 2.45) is 0 Å². The van der Waals surface area contributed by atoms with E-state index in [-0.39, 0.29) is 11.9 Å². The van der Waals surface area contributed by atoms with Gasteiger partial charge in [-0.25, -0.2) is 0 Å². The van der Waals surface area contributed by atoms with Crippen LogP contribution in [0.5, 0.6) is 0 Å². The van der Waals surface area contributed by atoms with Crippen LogP contribution in [0.3, 0.4) is 0 Å². The highest BCUT2D eigenvalue weighted by molar-refractivity contribution is 5.88. The molecule has 0 spiro atoms. The summed E-state index contributed by atoms with van der Waals surface area (Å²) in [6, 6.07) is 14.1. The lowest BCUT2D eigenvalue weighted by Crippen LogP contribution is -2.37. The lowest BCUT2D eigenvalue weighted by atomic mass is 10.1. The Hall–Kier alpha value is -2.03. The zero-order chi connectivity index (χ0) is 13.0. The molecule has 1 atom stereocenters. The van der Waals surface area contributed by atoms with Crippen LogP contribution in [0.2, 0.25) is 0 Å². The van der Waals surface area contributed by atoms with E-state index < -0.39 is 0 Å². The number of benzene rings is 2. The Morgan fingerprint density at radius 1 is 1.17 bits per heavy atom. The average Bonchev–Trinajstić information content (AvgIpc) is 2.39. The second-order valence-electron chi connectivity index (χ2n) is 4.32. The Balaban J connectivity index is 2.14. The summed E-state index contributed by atoms with van der Waals surface area (Å²) >= 11 is 0. The number of nitrogens with one attached hydrogen (secondary N) is 2. The van der Waals surface area contributed by atoms with Gasteiger partial charge in [0.2, 0.25) is 5.91 Å². The Morgan fingerprint density at radius 2 is 1.89 bits per heavy atom. The second-order valence-corrected chi connectivity index (χ2v) is 4.32. The number of amides is 1. The summed E-state index contributed by atoms with van der Waals surface area (Å²) in [5.74, 6) is 0.0191. The van der Waals surface area contributed by atoms with E-state index in [1.54, 1.807) is 0 Å². The van der Waals surface area contributed by atoms with Crippen molar-refractivity contribution < 1.29 is 4.79 Å². The summed E-state index contributed by atoms with van der Waals surface area (Å²) in [6.07, 6.45) is 0. The van der Waals surface area contributed by atoms with Crippen LogP contribution in [0.1, 0.15) is 13.8 Å². The Labute approximate surface area is 107 Å². The van der Waals surface area contributed by atoms with Gasteiger partial charge in [-0.05, 0) is 36.8 Å². The van der Waals surface area contributed by atoms with Crippen LogP contribution in [-0.4, -0.2) is 18.5 Å². The predicted molar refractivity (Wildman–Crippen MR) is 75.7 cm³/mol. The molecule has 0 aliphatic heterocycles. The molecule has 2 N–H and O–H groups in total. The van der Waals surface area contributed by atoms with Crippen molar-refractivity contribution >= 4 is 22.4 Å². The molecule has 1 unspecified atom stereocenters. The van der Waals surface area contributed by atoms with Crippen LogP contribution in [0.25, 0.3) is 10.8 Å². The van der Waals surface area contributed by atoms with Gasteiger partial charge in [0.15, 0.2) is 0 Å². The van der Waals surface area contributed by atoms with Gasteiger partial charge in [-0.1, -0.05) is 30.3 Å². The highest BCUT2D eigenvalue weighted by Crippen LogP contribution is 2.19. The molecule has 0 aliphatic rings. The van der Waals surface area contributed by atoms with Crippen LogP contribution in [-0.2, 0) is 4.79 Å². The fourth-order valence-electron chi connectivity index (χ4n) is 1.92. The number of rotatable bonds is 4. The molecular weight excluding hydrogens is 224 g/mol. The van der Waals surface area contributed by atoms with Crippen LogP contribution >= 0.6 is 0 Å². The molecule has 0 aromatic heterocycles. The van der Waals surface area contributed by atoms with Gasteiger partial charge in [0.05, 0.1) is 0 Å². The van der Waals surface area contributed by atoms with E-state index in [2.05, 4.69) is 34.9 Å². The number of carbonyl (C=O) groups is 1. The van der Waals surface area contributed by atoms with Gasteiger partial charge in [-0.2, -0.15) is 0 Å². The maximum atomic E-state index is 11.6. The molecule has 18 heavy (non-hydrogen) atoms. The quantitative estimate of drug-likeness (QED) is 0.865. The minimum absolute atomic E-state index is 0.0191. The first kappa shape index (κ1) is 12.4. The third-order valence-electron chi connectivity index (χ3n) is 2.88. The minimum Gasteiger partial charge on any atom is -0.374 e. The molecule has 0 radical (unpaired) electrons. The topological polar surface area (TPSA) is 41.1 Å². The van der Waals surface area contributed by atoms with Crippen molar-refractivity contribution in [3.8, 4) is 0 Å². The lowest BCUT2D eigenvalue weighted by molar-refractivity contribution is -0.121. The molecule has 2 aromatic carbocycles. The fraction of sp³-hybridized carbons (Fsp3) is 0.267. The standard InChI is InChI=1S/C15H18N2O/c1-3-16-15(18)11(2)17-14-9-8-12-6-4-5-7-13(12)10-14/h4-11,17H,3H2,1-2H3,(H,16,18). The normalized spacial score (nSPS) is 12.1. The third-order valence-corrected chi connectivity index (χ3v) is 2.88. The monoisotopic (exact) mass is 242 g/mol. The van der Waals surface area contributed by atoms with Crippen molar-refractivity contribution in [2.75, 3.05) is 11.9 Å². The summed E-state index contributed by atoms with van der Waals surface area (Å²) in [5.41, 5.74) is 0.965. The van der Waals surface area contributed by atoms with Gasteiger partial charge in [0, 0.05) is 12.2 Å². The zero-order valence-corrected chi connectivity index (χ0v) is 10.7. The van der Waals surface area contributed by atoms with Gasteiger partial charge < -0.3 is 10.6 Å². The van der Waals surface area contributed by atoms with E-state index in [9.17, 15) is 4.79 Å². The number of likely N-dealkylation sites (N-methyl/N-ethyl adjacent to an activating group) is 1. The maximum Gasteiger partial charge on any atom is 0.242 e. The van der Waals surface area contributed by atoms with Crippen LogP contribution in [0.15, 0.2) is 42.5 Å². The molecule has 94 valence electrons. The second kappa shape index (κ2) is 5.54. The maximum absolute atomic E-state index is 11.6. The highest BCUT2D eigenvalue weighted by Gasteiger charge is 2.10. The van der Waals surface area contributed by atoms with Crippen molar-refractivity contribution in [1.29, 1.82) is 0 Å². The molecular formula is C15H18N2O. The molecule has 2 aromatic rings. The molecule has 2 rings (SSSR count). The highest BCUT2D eigenvalue weighted by atomic mass is 16.2. The smallest absolute Gasteiger partial charge is 0.242 e. The van der Waals surface area contributed by atoms with E-state index in [0.29, 0.717) is 6.54 Å². The van der Waals surface area contributed by atoms with Gasteiger partial charge in [-0.15, -0.1) is 0 Å². The summed E-state index contributed by atoms with van der Waals surface area (Å²) in [6.45, 7) is 4.43. The van der Waals surface area contributed by atoms with Gasteiger partial charge >= 0.3 is 0 Å². The molecule has 0 aliphatic carbocycles. The SMILES string of the molecule is CCNC(=O)C(C)Nc1ccc2ccccc2c1. The Kier molecular flexibility index (Phi) is 3.82. The first-order valence-electron chi connectivity index (χ1n) is 6.23. The molecule has 1 amide bonds. The molecule has 3 heteroatoms. The largest absolute Gasteiger partial charge is 0.374 e. The molecule has 0 heterocycles. The van der Waals surface area contributed by atoms with E-state index in [0.717, 1.165) is 5.69 Å². The van der Waals surface area contributed by atoms with Crippen LogP contribution in [0.4, 0.5) is 5.69 Å². The van der Waals surface area contributed by atoms with E-state index >= 15 is 0 Å². The van der Waals surface area contributed by atoms with Crippen molar-refractivity contribution in [3.63, 3.8) is 0 Å². The summed E-state index contributed by atoms with van der Waals surface area (Å²) in [4.78, 5) is 11.6. The molecule has 3 nitrogen and oxygen atoms in total. The number of fused-ring (bicyclic) bond motifs is 1. The number of carbonyl (C=O) groups excluding carboxylic acids is 1. The summed E-state index contributed by atoms with van der Waals surface area (Å²) in [7, 11) is 0. The van der Waals surface area contributed by atoms with Gasteiger partial charge in [0.25, 0.3) is 0 Å². The van der Waals surface area contributed by atoms with Gasteiger partial charge in [-0.3, -0.25) is 4.79 Å². The summed E-state index contributed by atoms with van der Waals surface area (Å²) < 4.78 is 0. The van der Waals surface area contributed by atoms with Crippen LogP contribution in [0, 0.1) is 0 Å². The predicted octanol–water partition coefficient (Wildman–Crippen LogP) is 2.78. The zero-order valence-electron chi connectivity index (χ0n) is 10.7. The molecule has 0 bridgehead atoms. The lowest BCUT2D eigenvalue weighted by Gasteiger charge is -2.15. The third kappa shape index (κ3) is 2.80.